The van der Waals surface area contributed by atoms with Gasteiger partial charge in [-0.3, -0.25) is 0 Å². The van der Waals surface area contributed by atoms with E-state index < -0.39 is 23.2 Å². The lowest BCUT2D eigenvalue weighted by atomic mass is 10.1. The second-order valence-electron chi connectivity index (χ2n) is 3.96. The summed E-state index contributed by atoms with van der Waals surface area (Å²) in [6.45, 7) is 0. The van der Waals surface area contributed by atoms with Crippen molar-refractivity contribution in [1.29, 1.82) is 0 Å². The van der Waals surface area contributed by atoms with Crippen molar-refractivity contribution in [3.8, 4) is 22.9 Å². The zero-order chi connectivity index (χ0) is 15.6. The maximum atomic E-state index is 14.2. The Morgan fingerprint density at radius 2 is 2.05 bits per heavy atom. The van der Waals surface area contributed by atoms with E-state index in [9.17, 15) is 9.18 Å². The van der Waals surface area contributed by atoms with Gasteiger partial charge in [0.15, 0.2) is 17.3 Å². The summed E-state index contributed by atoms with van der Waals surface area (Å²) in [7, 11) is 2.63. The van der Waals surface area contributed by atoms with Gasteiger partial charge in [0.1, 0.15) is 11.4 Å². The van der Waals surface area contributed by atoms with Gasteiger partial charge in [0.05, 0.1) is 14.2 Å². The lowest BCUT2D eigenvalue weighted by molar-refractivity contribution is 0.0686. The number of nitrogens with zero attached hydrogens (tertiary/aromatic N) is 2. The molecule has 2 rings (SSSR count). The Kier molecular flexibility index (Phi) is 3.88. The summed E-state index contributed by atoms with van der Waals surface area (Å²) in [5.41, 5.74) is 4.73. The van der Waals surface area contributed by atoms with E-state index in [2.05, 4.69) is 9.97 Å². The summed E-state index contributed by atoms with van der Waals surface area (Å²) in [5, 5.41) is 9.11. The Labute approximate surface area is 119 Å². The van der Waals surface area contributed by atoms with Gasteiger partial charge in [0.25, 0.3) is 0 Å². The third-order valence-corrected chi connectivity index (χ3v) is 2.75. The highest BCUT2D eigenvalue weighted by atomic mass is 19.1. The number of carboxylic acid groups (broad SMARTS) is 1. The highest BCUT2D eigenvalue weighted by Crippen LogP contribution is 2.33. The number of hydrogen-bond acceptors (Lipinski definition) is 6. The lowest BCUT2D eigenvalue weighted by Crippen LogP contribution is -2.10. The minimum atomic E-state index is -1.37. The molecule has 0 saturated carbocycles. The molecule has 7 nitrogen and oxygen atoms in total. The molecule has 3 N–H and O–H groups in total. The van der Waals surface area contributed by atoms with Gasteiger partial charge in [-0.25, -0.2) is 19.2 Å². The Balaban J connectivity index is 2.65. The van der Waals surface area contributed by atoms with Crippen LogP contribution in [0.2, 0.25) is 0 Å². The highest BCUT2D eigenvalue weighted by Gasteiger charge is 2.23. The molecule has 2 aromatic heterocycles. The van der Waals surface area contributed by atoms with Crippen molar-refractivity contribution in [3.63, 3.8) is 0 Å². The molecule has 0 fully saturated rings. The fourth-order valence-electron chi connectivity index (χ4n) is 1.75. The smallest absolute Gasteiger partial charge is 0.358 e. The van der Waals surface area contributed by atoms with Crippen LogP contribution in [0.25, 0.3) is 11.3 Å². The predicted molar refractivity (Wildman–Crippen MR) is 71.9 cm³/mol. The number of pyridine rings is 2. The van der Waals surface area contributed by atoms with Crippen LogP contribution in [0.5, 0.6) is 11.6 Å². The number of nitrogens with two attached hydrogens (primary N) is 1. The molecular weight excluding hydrogens is 281 g/mol. The van der Waals surface area contributed by atoms with Gasteiger partial charge in [-0.2, -0.15) is 0 Å². The average Bonchev–Trinajstić information content (AvgIpc) is 2.49. The topological polar surface area (TPSA) is 108 Å². The van der Waals surface area contributed by atoms with Gasteiger partial charge < -0.3 is 20.3 Å². The lowest BCUT2D eigenvalue weighted by Gasteiger charge is -2.12. The van der Waals surface area contributed by atoms with E-state index >= 15 is 0 Å². The molecule has 0 unspecified atom stereocenters. The molecule has 0 atom stereocenters. The Morgan fingerprint density at radius 3 is 2.52 bits per heavy atom. The second kappa shape index (κ2) is 5.61. The van der Waals surface area contributed by atoms with Gasteiger partial charge in [0.2, 0.25) is 5.88 Å². The van der Waals surface area contributed by atoms with Crippen molar-refractivity contribution in [2.45, 2.75) is 0 Å². The van der Waals surface area contributed by atoms with Gasteiger partial charge in [-0.05, 0) is 6.07 Å². The zero-order valence-electron chi connectivity index (χ0n) is 11.3. The van der Waals surface area contributed by atoms with E-state index in [1.165, 1.54) is 32.5 Å². The molecule has 2 aromatic rings. The fraction of sp³-hybridized carbons (Fsp3) is 0.154. The van der Waals surface area contributed by atoms with Crippen molar-refractivity contribution in [1.82, 2.24) is 9.97 Å². The number of aromatic nitrogens is 2. The van der Waals surface area contributed by atoms with E-state index in [1.54, 1.807) is 0 Å². The summed E-state index contributed by atoms with van der Waals surface area (Å²) in [5.74, 6) is -2.23. The van der Waals surface area contributed by atoms with E-state index in [0.717, 1.165) is 0 Å². The molecular formula is C13H12FN3O4. The van der Waals surface area contributed by atoms with Crippen LogP contribution < -0.4 is 15.2 Å². The van der Waals surface area contributed by atoms with Gasteiger partial charge in [0, 0.05) is 17.8 Å². The number of anilines is 1. The van der Waals surface area contributed by atoms with E-state index in [4.69, 9.17) is 20.3 Å². The number of rotatable bonds is 4. The summed E-state index contributed by atoms with van der Waals surface area (Å²) in [6.07, 6.45) is 1.31. The number of ether oxygens (including phenoxy) is 2. The van der Waals surface area contributed by atoms with Crippen LogP contribution in [-0.4, -0.2) is 35.3 Å². The zero-order valence-corrected chi connectivity index (χ0v) is 11.3. The average molecular weight is 293 g/mol. The van der Waals surface area contributed by atoms with E-state index in [-0.39, 0.29) is 17.0 Å². The van der Waals surface area contributed by atoms with Crippen LogP contribution in [-0.2, 0) is 0 Å². The maximum Gasteiger partial charge on any atom is 0.358 e. The molecule has 0 aliphatic heterocycles. The normalized spacial score (nSPS) is 10.2. The van der Waals surface area contributed by atoms with Crippen LogP contribution >= 0.6 is 0 Å². The molecule has 0 aromatic carbocycles. The SMILES string of the molecule is COc1ccc(-c2nc(C(=O)O)c(OC)c(N)c2F)cn1. The second-order valence-corrected chi connectivity index (χ2v) is 3.96. The minimum absolute atomic E-state index is 0.221. The minimum Gasteiger partial charge on any atom is -0.492 e. The Morgan fingerprint density at radius 1 is 1.33 bits per heavy atom. The van der Waals surface area contributed by atoms with Gasteiger partial charge >= 0.3 is 5.97 Å². The van der Waals surface area contributed by atoms with Crippen molar-refractivity contribution >= 4 is 11.7 Å². The van der Waals surface area contributed by atoms with Crippen molar-refractivity contribution in [2.24, 2.45) is 0 Å². The molecule has 0 spiro atoms. The van der Waals surface area contributed by atoms with Crippen LogP contribution in [0.15, 0.2) is 18.3 Å². The number of nitrogen functional groups attached to an aromatic ring is 1. The van der Waals surface area contributed by atoms with Gasteiger partial charge in [-0.1, -0.05) is 0 Å². The summed E-state index contributed by atoms with van der Waals surface area (Å²) in [6, 6.07) is 2.99. The number of methoxy groups -OCH3 is 2. The number of hydrogen-bond donors (Lipinski definition) is 2. The number of carbonyl (C=O) groups is 1. The van der Waals surface area contributed by atoms with Crippen molar-refractivity contribution in [2.75, 3.05) is 20.0 Å². The first kappa shape index (κ1) is 14.5. The van der Waals surface area contributed by atoms with Crippen molar-refractivity contribution < 1.29 is 23.8 Å². The molecule has 21 heavy (non-hydrogen) atoms. The van der Waals surface area contributed by atoms with Crippen LogP contribution in [0.3, 0.4) is 0 Å². The van der Waals surface area contributed by atoms with Crippen molar-refractivity contribution in [3.05, 3.63) is 29.8 Å². The molecule has 8 heteroatoms. The number of carboxylic acids is 1. The highest BCUT2D eigenvalue weighted by molar-refractivity contribution is 5.92. The first-order valence-corrected chi connectivity index (χ1v) is 5.76. The molecule has 110 valence electrons. The molecule has 0 radical (unpaired) electrons. The van der Waals surface area contributed by atoms with Crippen LogP contribution in [0, 0.1) is 5.82 Å². The summed E-state index contributed by atoms with van der Waals surface area (Å²) >= 11 is 0. The van der Waals surface area contributed by atoms with Gasteiger partial charge in [-0.15, -0.1) is 0 Å². The van der Waals surface area contributed by atoms with Crippen LogP contribution in [0.1, 0.15) is 10.5 Å². The van der Waals surface area contributed by atoms with E-state index in [0.29, 0.717) is 5.88 Å². The molecule has 2 heterocycles. The predicted octanol–water partition coefficient (Wildman–Crippen LogP) is 1.58. The maximum absolute atomic E-state index is 14.2. The third kappa shape index (κ3) is 2.55. The molecule has 0 saturated heterocycles. The first-order chi connectivity index (χ1) is 9.99. The van der Waals surface area contributed by atoms with Crippen LogP contribution in [0.4, 0.5) is 10.1 Å². The summed E-state index contributed by atoms with van der Waals surface area (Å²) < 4.78 is 23.9. The largest absolute Gasteiger partial charge is 0.492 e. The Bertz CT molecular complexity index is 689. The third-order valence-electron chi connectivity index (χ3n) is 2.75. The fourth-order valence-corrected chi connectivity index (χ4v) is 1.75. The monoisotopic (exact) mass is 293 g/mol. The number of halogens is 1. The molecule has 0 aliphatic carbocycles. The molecule has 0 bridgehead atoms. The number of aromatic carboxylic acids is 1. The quantitative estimate of drug-likeness (QED) is 0.881. The standard InChI is InChI=1S/C13H12FN3O4/c1-20-7-4-3-6(5-16-7)10-8(14)9(15)12(21-2)11(17-10)13(18)19/h3-5H,1-2H3,(H2,15,17)(H,18,19). The summed E-state index contributed by atoms with van der Waals surface area (Å²) in [4.78, 5) is 18.9. The van der Waals surface area contributed by atoms with E-state index in [1.807, 2.05) is 0 Å². The Hall–Kier alpha value is -2.90. The first-order valence-electron chi connectivity index (χ1n) is 5.76. The molecule has 0 aliphatic rings. The molecule has 0 amide bonds.